The molecule has 2 aromatic carbocycles. The maximum atomic E-state index is 9.47. The van der Waals surface area contributed by atoms with Crippen molar-refractivity contribution in [3.63, 3.8) is 0 Å². The van der Waals surface area contributed by atoms with Crippen LogP contribution in [0.5, 0.6) is 0 Å². The number of hydrogen-bond acceptors (Lipinski definition) is 5. The molecule has 0 spiro atoms. The molecule has 0 radical (unpaired) electrons. The van der Waals surface area contributed by atoms with Crippen LogP contribution < -0.4 is 5.49 Å². The molecule has 154 valence electrons. The average Bonchev–Trinajstić information content (AvgIpc) is 2.62. The van der Waals surface area contributed by atoms with Gasteiger partial charge in [-0.2, -0.15) is 10.2 Å². The SMILES string of the molecule is CC(C)(C)O.Cc1cc2c(ccc(=N)n2N=N)c(-c2ccc(Cl)cc2)c1CCO. The summed E-state index contributed by atoms with van der Waals surface area (Å²) in [7, 11) is 0. The lowest BCUT2D eigenvalue weighted by atomic mass is 9.90. The van der Waals surface area contributed by atoms with Gasteiger partial charge in [0, 0.05) is 17.0 Å². The maximum absolute atomic E-state index is 9.47. The molecule has 1 heterocycles. The molecule has 1 aromatic heterocycles. The van der Waals surface area contributed by atoms with E-state index in [0.717, 1.165) is 27.6 Å². The number of aryl methyl sites for hydroxylation is 1. The van der Waals surface area contributed by atoms with Crippen LogP contribution in [-0.4, -0.2) is 27.1 Å². The minimum Gasteiger partial charge on any atom is -0.396 e. The fraction of sp³-hybridized carbons (Fsp3) is 0.318. The molecular weight excluding hydrogens is 388 g/mol. The lowest BCUT2D eigenvalue weighted by Gasteiger charge is -2.17. The largest absolute Gasteiger partial charge is 0.396 e. The van der Waals surface area contributed by atoms with Gasteiger partial charge >= 0.3 is 0 Å². The summed E-state index contributed by atoms with van der Waals surface area (Å²) in [5, 5.41) is 31.0. The molecule has 3 aromatic rings. The third-order valence-electron chi connectivity index (χ3n) is 4.14. The highest BCUT2D eigenvalue weighted by molar-refractivity contribution is 6.30. The van der Waals surface area contributed by atoms with Crippen LogP contribution in [0.4, 0.5) is 0 Å². The minimum absolute atomic E-state index is 0.0479. The molecule has 29 heavy (non-hydrogen) atoms. The van der Waals surface area contributed by atoms with E-state index < -0.39 is 5.60 Å². The van der Waals surface area contributed by atoms with Crippen molar-refractivity contribution in [2.45, 2.75) is 39.7 Å². The maximum Gasteiger partial charge on any atom is 0.148 e. The van der Waals surface area contributed by atoms with E-state index in [4.69, 9.17) is 27.6 Å². The van der Waals surface area contributed by atoms with E-state index in [-0.39, 0.29) is 12.1 Å². The minimum atomic E-state index is -0.500. The van der Waals surface area contributed by atoms with Gasteiger partial charge in [0.15, 0.2) is 0 Å². The van der Waals surface area contributed by atoms with E-state index in [0.29, 0.717) is 17.0 Å². The number of rotatable bonds is 4. The summed E-state index contributed by atoms with van der Waals surface area (Å²) in [4.78, 5) is 0. The van der Waals surface area contributed by atoms with Crippen LogP contribution in [0.15, 0.2) is 47.7 Å². The van der Waals surface area contributed by atoms with Gasteiger partial charge in [0.05, 0.1) is 11.1 Å². The highest BCUT2D eigenvalue weighted by Crippen LogP contribution is 2.35. The Balaban J connectivity index is 0.000000537. The number of fused-ring (bicyclic) bond motifs is 1. The van der Waals surface area contributed by atoms with Crippen LogP contribution in [0.25, 0.3) is 22.0 Å². The summed E-state index contributed by atoms with van der Waals surface area (Å²) in [6.45, 7) is 7.24. The van der Waals surface area contributed by atoms with Crippen molar-refractivity contribution in [2.75, 3.05) is 6.61 Å². The molecule has 7 heteroatoms. The Morgan fingerprint density at radius 3 is 2.21 bits per heavy atom. The Hall–Kier alpha value is -2.54. The fourth-order valence-corrected chi connectivity index (χ4v) is 3.18. The van der Waals surface area contributed by atoms with Crippen molar-refractivity contribution in [3.8, 4) is 11.1 Å². The highest BCUT2D eigenvalue weighted by atomic mass is 35.5. The first-order chi connectivity index (χ1) is 13.6. The molecular formula is C22H27ClN4O2. The summed E-state index contributed by atoms with van der Waals surface area (Å²) in [5.74, 6) is 0. The number of nitrogens with one attached hydrogen (secondary N) is 2. The van der Waals surface area contributed by atoms with Gasteiger partial charge in [-0.25, -0.2) is 0 Å². The Morgan fingerprint density at radius 2 is 1.69 bits per heavy atom. The summed E-state index contributed by atoms with van der Waals surface area (Å²) in [6.07, 6.45) is 0.528. The third-order valence-corrected chi connectivity index (χ3v) is 4.39. The zero-order valence-corrected chi connectivity index (χ0v) is 17.9. The highest BCUT2D eigenvalue weighted by Gasteiger charge is 2.15. The van der Waals surface area contributed by atoms with Crippen LogP contribution in [-0.2, 0) is 6.42 Å². The van der Waals surface area contributed by atoms with Gasteiger partial charge in [-0.15, -0.1) is 0 Å². The van der Waals surface area contributed by atoms with E-state index in [9.17, 15) is 5.11 Å². The van der Waals surface area contributed by atoms with E-state index >= 15 is 0 Å². The summed E-state index contributed by atoms with van der Waals surface area (Å²) >= 11 is 6.01. The lowest BCUT2D eigenvalue weighted by molar-refractivity contribution is 0.102. The zero-order valence-electron chi connectivity index (χ0n) is 17.1. The van der Waals surface area contributed by atoms with Crippen LogP contribution >= 0.6 is 11.6 Å². The Morgan fingerprint density at radius 1 is 1.10 bits per heavy atom. The van der Waals surface area contributed by atoms with E-state index in [1.807, 2.05) is 43.3 Å². The molecule has 0 saturated heterocycles. The number of pyridine rings is 1. The number of halogens is 1. The molecule has 0 unspecified atom stereocenters. The smallest absolute Gasteiger partial charge is 0.148 e. The van der Waals surface area contributed by atoms with Gasteiger partial charge in [0.2, 0.25) is 0 Å². The Bertz CT molecular complexity index is 1060. The number of hydrogen-bond donors (Lipinski definition) is 4. The third kappa shape index (κ3) is 5.73. The van der Waals surface area contributed by atoms with E-state index in [2.05, 4.69) is 5.22 Å². The van der Waals surface area contributed by atoms with Gasteiger partial charge in [0.25, 0.3) is 0 Å². The van der Waals surface area contributed by atoms with Crippen molar-refractivity contribution in [2.24, 2.45) is 5.22 Å². The first kappa shape index (κ1) is 22.7. The molecule has 4 N–H and O–H groups in total. The quantitative estimate of drug-likeness (QED) is 0.458. The number of benzene rings is 2. The van der Waals surface area contributed by atoms with Crippen molar-refractivity contribution < 1.29 is 10.2 Å². The van der Waals surface area contributed by atoms with Crippen molar-refractivity contribution in [3.05, 3.63) is 64.1 Å². The number of aliphatic hydroxyl groups is 2. The summed E-state index contributed by atoms with van der Waals surface area (Å²) < 4.78 is 1.30. The number of nitrogens with zero attached hydrogens (tertiary/aromatic N) is 2. The van der Waals surface area contributed by atoms with Gasteiger partial charge in [-0.05, 0) is 86.7 Å². The van der Waals surface area contributed by atoms with Gasteiger partial charge in [0.1, 0.15) is 5.49 Å². The Labute approximate surface area is 175 Å². The molecule has 0 saturated carbocycles. The first-order valence-corrected chi connectivity index (χ1v) is 9.64. The molecule has 0 fully saturated rings. The predicted molar refractivity (Wildman–Crippen MR) is 116 cm³/mol. The number of aromatic nitrogens is 1. The predicted octanol–water partition coefficient (Wildman–Crippen LogP) is 4.86. The van der Waals surface area contributed by atoms with Gasteiger partial charge in [-0.1, -0.05) is 29.0 Å². The van der Waals surface area contributed by atoms with Crippen LogP contribution in [0.3, 0.4) is 0 Å². The lowest BCUT2D eigenvalue weighted by Crippen LogP contribution is -2.15. The van der Waals surface area contributed by atoms with Crippen molar-refractivity contribution >= 4 is 22.5 Å². The fourth-order valence-electron chi connectivity index (χ4n) is 3.05. The molecule has 0 amide bonds. The molecule has 0 aliphatic carbocycles. The molecule has 0 aliphatic heterocycles. The second kappa shape index (κ2) is 9.31. The molecule has 0 atom stereocenters. The molecule has 0 bridgehead atoms. The summed E-state index contributed by atoms with van der Waals surface area (Å²) in [6, 6.07) is 12.9. The average molecular weight is 415 g/mol. The van der Waals surface area contributed by atoms with Crippen LogP contribution in [0.2, 0.25) is 5.02 Å². The van der Waals surface area contributed by atoms with Crippen LogP contribution in [0, 0.1) is 17.9 Å². The Kier molecular flexibility index (Phi) is 7.30. The molecule has 6 nitrogen and oxygen atoms in total. The second-order valence-electron chi connectivity index (χ2n) is 7.76. The van der Waals surface area contributed by atoms with Crippen molar-refractivity contribution in [1.82, 2.24) is 4.68 Å². The topological polar surface area (TPSA) is 105 Å². The van der Waals surface area contributed by atoms with Crippen LogP contribution in [0.1, 0.15) is 31.9 Å². The zero-order chi connectivity index (χ0) is 21.8. The molecule has 0 aliphatic rings. The van der Waals surface area contributed by atoms with Gasteiger partial charge < -0.3 is 10.2 Å². The summed E-state index contributed by atoms with van der Waals surface area (Å²) in [5.41, 5.74) is 11.7. The van der Waals surface area contributed by atoms with E-state index in [1.54, 1.807) is 26.8 Å². The monoisotopic (exact) mass is 414 g/mol. The number of aliphatic hydroxyl groups excluding tert-OH is 1. The standard InChI is InChI=1S/C18H17ClN4O.C4H10O/c1-11-10-16-15(6-7-17(20)23(16)22-21)18(14(11)8-9-24)12-2-4-13(19)5-3-12;1-4(2,3)5/h2-7,10,20-21,24H,8-9H2,1H3;5H,1-3H3. The van der Waals surface area contributed by atoms with E-state index in [1.165, 1.54) is 4.68 Å². The van der Waals surface area contributed by atoms with Gasteiger partial charge in [-0.3, -0.25) is 5.41 Å². The first-order valence-electron chi connectivity index (χ1n) is 9.26. The molecule has 3 rings (SSSR count). The normalized spacial score (nSPS) is 11.1. The second-order valence-corrected chi connectivity index (χ2v) is 8.20. The van der Waals surface area contributed by atoms with Crippen molar-refractivity contribution in [1.29, 1.82) is 10.9 Å².